The molecule has 2 saturated heterocycles. The number of thiocarbonyl (C=S) groups is 1. The Bertz CT molecular complexity index is 1270. The van der Waals surface area contributed by atoms with Crippen LogP contribution in [0.1, 0.15) is 67.8 Å². The van der Waals surface area contributed by atoms with Crippen LogP contribution in [-0.4, -0.2) is 32.8 Å². The minimum atomic E-state index is -0.255. The van der Waals surface area contributed by atoms with E-state index in [0.717, 1.165) is 55.7 Å². The number of hydrogen-bond acceptors (Lipinski definition) is 6. The van der Waals surface area contributed by atoms with E-state index in [4.69, 9.17) is 12.2 Å². The van der Waals surface area contributed by atoms with Crippen molar-refractivity contribution in [1.29, 1.82) is 5.26 Å². The summed E-state index contributed by atoms with van der Waals surface area (Å²) in [6, 6.07) is 11.8. The predicted octanol–water partition coefficient (Wildman–Crippen LogP) is 5.39. The number of carbonyl (C=O) groups is 1. The summed E-state index contributed by atoms with van der Waals surface area (Å²) in [5, 5.41) is 9.81. The van der Waals surface area contributed by atoms with Gasteiger partial charge < -0.3 is 4.90 Å². The van der Waals surface area contributed by atoms with Crippen LogP contribution < -0.4 is 10.5 Å². The van der Waals surface area contributed by atoms with Crippen LogP contribution in [0.4, 0.5) is 5.82 Å². The van der Waals surface area contributed by atoms with E-state index in [2.05, 4.69) is 11.0 Å². The topological polar surface area (TPSA) is 69.3 Å². The number of nitrogens with zero attached hydrogens (tertiary/aromatic N) is 4. The summed E-state index contributed by atoms with van der Waals surface area (Å²) < 4.78 is 2.24. The average molecular weight is 507 g/mol. The van der Waals surface area contributed by atoms with Gasteiger partial charge in [-0.05, 0) is 56.7 Å². The Kier molecular flexibility index (Phi) is 7.78. The number of amides is 1. The van der Waals surface area contributed by atoms with Gasteiger partial charge in [-0.25, -0.2) is 0 Å². The number of benzene rings is 1. The normalized spacial score (nSPS) is 18.3. The fourth-order valence-corrected chi connectivity index (χ4v) is 6.25. The molecule has 2 aliphatic rings. The fourth-order valence-electron chi connectivity index (χ4n) is 4.85. The maximum atomic E-state index is 13.6. The highest BCUT2D eigenvalue weighted by Crippen LogP contribution is 2.40. The lowest BCUT2D eigenvalue weighted by Gasteiger charge is -2.33. The molecule has 2 aromatic rings. The van der Waals surface area contributed by atoms with Crippen molar-refractivity contribution in [2.24, 2.45) is 0 Å². The summed E-state index contributed by atoms with van der Waals surface area (Å²) in [7, 11) is 0. The van der Waals surface area contributed by atoms with E-state index in [-0.39, 0.29) is 23.1 Å². The van der Waals surface area contributed by atoms with Crippen molar-refractivity contribution in [3.8, 4) is 6.07 Å². The molecule has 6 nitrogen and oxygen atoms in total. The monoisotopic (exact) mass is 506 g/mol. The highest BCUT2D eigenvalue weighted by molar-refractivity contribution is 8.26. The molecule has 2 aliphatic heterocycles. The Morgan fingerprint density at radius 2 is 1.86 bits per heavy atom. The number of anilines is 1. The van der Waals surface area contributed by atoms with Crippen LogP contribution in [-0.2, 0) is 11.3 Å². The van der Waals surface area contributed by atoms with Crippen LogP contribution in [0.3, 0.4) is 0 Å². The number of thioether (sulfide) groups is 1. The molecule has 1 aromatic heterocycles. The minimum Gasteiger partial charge on any atom is -0.357 e. The summed E-state index contributed by atoms with van der Waals surface area (Å²) >= 11 is 6.90. The second-order valence-corrected chi connectivity index (χ2v) is 10.7. The van der Waals surface area contributed by atoms with E-state index in [1.54, 1.807) is 9.47 Å². The molecule has 0 bridgehead atoms. The third-order valence-electron chi connectivity index (χ3n) is 6.72. The van der Waals surface area contributed by atoms with Gasteiger partial charge in [0.25, 0.3) is 11.5 Å². The Morgan fingerprint density at radius 1 is 1.17 bits per heavy atom. The first-order valence-electron chi connectivity index (χ1n) is 12.1. The zero-order valence-electron chi connectivity index (χ0n) is 20.4. The molecule has 0 radical (unpaired) electrons. The summed E-state index contributed by atoms with van der Waals surface area (Å²) in [6.45, 7) is 8.02. The van der Waals surface area contributed by atoms with Crippen molar-refractivity contribution in [2.45, 2.75) is 59.0 Å². The second kappa shape index (κ2) is 10.8. The van der Waals surface area contributed by atoms with Crippen molar-refractivity contribution in [2.75, 3.05) is 18.0 Å². The standard InChI is InChI=1S/C27H30N4O2S2/c1-4-13-30-24(29-14-9-6-10-15-29)21(18(2)22(17-28)25(30)32)16-23-26(33)31(27(34)35-23)19(3)20-11-7-5-8-12-20/h5,7-8,11-12,16,19H,4,6,9-10,13-15H2,1-3H3/b23-16+. The first-order chi connectivity index (χ1) is 16.9. The molecule has 1 aromatic carbocycles. The lowest BCUT2D eigenvalue weighted by molar-refractivity contribution is -0.123. The van der Waals surface area contributed by atoms with E-state index >= 15 is 0 Å². The number of nitriles is 1. The summed E-state index contributed by atoms with van der Waals surface area (Å²) in [6.07, 6.45) is 5.88. The molecule has 0 N–H and O–H groups in total. The van der Waals surface area contributed by atoms with Crippen LogP contribution >= 0.6 is 24.0 Å². The molecule has 1 amide bonds. The van der Waals surface area contributed by atoms with Crippen LogP contribution in [0.15, 0.2) is 40.0 Å². The SMILES string of the molecule is CCCn1c(N2CCCCC2)c(/C=C2/SC(=S)N(C(C)c3ccccc3)C2=O)c(C)c(C#N)c1=O. The molecular weight excluding hydrogens is 476 g/mol. The van der Waals surface area contributed by atoms with Crippen LogP contribution in [0, 0.1) is 18.3 Å². The maximum absolute atomic E-state index is 13.6. The number of piperidine rings is 1. The van der Waals surface area contributed by atoms with Gasteiger partial charge in [0, 0.05) is 25.2 Å². The maximum Gasteiger partial charge on any atom is 0.270 e. The van der Waals surface area contributed by atoms with Gasteiger partial charge in [0.2, 0.25) is 0 Å². The van der Waals surface area contributed by atoms with Crippen molar-refractivity contribution in [3.05, 3.63) is 67.8 Å². The number of rotatable bonds is 6. The highest BCUT2D eigenvalue weighted by atomic mass is 32.2. The van der Waals surface area contributed by atoms with Crippen molar-refractivity contribution >= 4 is 46.1 Å². The zero-order chi connectivity index (χ0) is 25.1. The van der Waals surface area contributed by atoms with E-state index in [9.17, 15) is 14.9 Å². The smallest absolute Gasteiger partial charge is 0.270 e. The number of pyridine rings is 1. The fraction of sp³-hybridized carbons (Fsp3) is 0.407. The average Bonchev–Trinajstić information content (AvgIpc) is 3.15. The van der Waals surface area contributed by atoms with Crippen molar-refractivity contribution in [3.63, 3.8) is 0 Å². The number of hydrogen-bond donors (Lipinski definition) is 0. The Labute approximate surface area is 216 Å². The van der Waals surface area contributed by atoms with Gasteiger partial charge in [0.15, 0.2) is 0 Å². The molecule has 1 atom stereocenters. The first kappa shape index (κ1) is 25.2. The molecule has 0 aliphatic carbocycles. The predicted molar refractivity (Wildman–Crippen MR) is 146 cm³/mol. The molecule has 35 heavy (non-hydrogen) atoms. The first-order valence-corrected chi connectivity index (χ1v) is 13.4. The third kappa shape index (κ3) is 4.80. The van der Waals surface area contributed by atoms with Gasteiger partial charge in [-0.1, -0.05) is 61.2 Å². The molecule has 2 fully saturated rings. The number of carbonyl (C=O) groups excluding carboxylic acids is 1. The molecular formula is C27H30N4O2S2. The van der Waals surface area contributed by atoms with Crippen molar-refractivity contribution < 1.29 is 4.79 Å². The van der Waals surface area contributed by atoms with Gasteiger partial charge in [-0.15, -0.1) is 0 Å². The van der Waals surface area contributed by atoms with E-state index < -0.39 is 0 Å². The minimum absolute atomic E-state index is 0.138. The zero-order valence-corrected chi connectivity index (χ0v) is 22.0. The van der Waals surface area contributed by atoms with E-state index in [1.807, 2.05) is 57.2 Å². The number of aromatic nitrogens is 1. The van der Waals surface area contributed by atoms with Gasteiger partial charge in [0.05, 0.1) is 10.9 Å². The lowest BCUT2D eigenvalue weighted by Crippen LogP contribution is -2.37. The summed E-state index contributed by atoms with van der Waals surface area (Å²) in [4.78, 5) is 31.3. The summed E-state index contributed by atoms with van der Waals surface area (Å²) in [5.41, 5.74) is 2.28. The van der Waals surface area contributed by atoms with Crippen LogP contribution in [0.5, 0.6) is 0 Å². The molecule has 0 saturated carbocycles. The molecule has 1 unspecified atom stereocenters. The van der Waals surface area contributed by atoms with Crippen molar-refractivity contribution in [1.82, 2.24) is 9.47 Å². The molecule has 8 heteroatoms. The summed E-state index contributed by atoms with van der Waals surface area (Å²) in [5.74, 6) is 0.668. The molecule has 0 spiro atoms. The molecule has 3 heterocycles. The Morgan fingerprint density at radius 3 is 2.49 bits per heavy atom. The lowest BCUT2D eigenvalue weighted by atomic mass is 10.0. The van der Waals surface area contributed by atoms with E-state index in [0.29, 0.717) is 21.3 Å². The Balaban J connectivity index is 1.85. The van der Waals surface area contributed by atoms with Gasteiger partial charge in [-0.2, -0.15) is 5.26 Å². The highest BCUT2D eigenvalue weighted by Gasteiger charge is 2.36. The van der Waals surface area contributed by atoms with Crippen LogP contribution in [0.2, 0.25) is 0 Å². The molecule has 4 rings (SSSR count). The van der Waals surface area contributed by atoms with Gasteiger partial charge in [0.1, 0.15) is 21.8 Å². The molecule has 182 valence electrons. The van der Waals surface area contributed by atoms with Gasteiger partial charge in [-0.3, -0.25) is 19.1 Å². The second-order valence-electron chi connectivity index (χ2n) is 8.99. The largest absolute Gasteiger partial charge is 0.357 e. The van der Waals surface area contributed by atoms with Crippen LogP contribution in [0.25, 0.3) is 6.08 Å². The quantitative estimate of drug-likeness (QED) is 0.386. The Hall–Kier alpha value is -2.89. The third-order valence-corrected chi connectivity index (χ3v) is 8.05. The van der Waals surface area contributed by atoms with Gasteiger partial charge >= 0.3 is 0 Å². The van der Waals surface area contributed by atoms with E-state index in [1.165, 1.54) is 11.8 Å².